The fourth-order valence-electron chi connectivity index (χ4n) is 3.80. The average Bonchev–Trinajstić information content (AvgIpc) is 2.72. The van der Waals surface area contributed by atoms with Crippen molar-refractivity contribution < 1.29 is 23.8 Å². The summed E-state index contributed by atoms with van der Waals surface area (Å²) in [6.45, 7) is 9.15. The summed E-state index contributed by atoms with van der Waals surface area (Å²) in [6, 6.07) is 12.7. The Bertz CT molecular complexity index is 913. The van der Waals surface area contributed by atoms with E-state index in [1.807, 2.05) is 19.1 Å². The van der Waals surface area contributed by atoms with Gasteiger partial charge in [0.15, 0.2) is 0 Å². The molecule has 1 N–H and O–H groups in total. The Hall–Kier alpha value is -2.77. The van der Waals surface area contributed by atoms with Gasteiger partial charge in [0.25, 0.3) is 0 Å². The standard InChI is InChI=1S/C24H32N2O5/c1-7-14-29-24(4)16-23(2,3)20-13-12-19(15-21(20)31-24)30-18-10-8-17(9-11-18)25-22(27)26(5)28-6/h8-13,15H,7,14,16H2,1-6H3,(H,25,27). The number of ether oxygens (including phenoxy) is 3. The maximum Gasteiger partial charge on any atom is 0.345 e. The van der Waals surface area contributed by atoms with Gasteiger partial charge in [0.2, 0.25) is 5.79 Å². The molecular weight excluding hydrogens is 396 g/mol. The summed E-state index contributed by atoms with van der Waals surface area (Å²) in [7, 11) is 2.96. The van der Waals surface area contributed by atoms with E-state index < -0.39 is 5.79 Å². The summed E-state index contributed by atoms with van der Waals surface area (Å²) in [5.74, 6) is 1.43. The van der Waals surface area contributed by atoms with Crippen molar-refractivity contribution in [3.05, 3.63) is 48.0 Å². The highest BCUT2D eigenvalue weighted by molar-refractivity contribution is 5.88. The number of hydroxylamine groups is 2. The maximum absolute atomic E-state index is 11.9. The molecule has 31 heavy (non-hydrogen) atoms. The van der Waals surface area contributed by atoms with E-state index in [0.29, 0.717) is 23.8 Å². The van der Waals surface area contributed by atoms with E-state index in [-0.39, 0.29) is 11.4 Å². The van der Waals surface area contributed by atoms with Gasteiger partial charge < -0.3 is 19.5 Å². The summed E-state index contributed by atoms with van der Waals surface area (Å²) in [6.07, 6.45) is 1.71. The minimum Gasteiger partial charge on any atom is -0.462 e. The van der Waals surface area contributed by atoms with Gasteiger partial charge in [0.05, 0.1) is 13.7 Å². The Morgan fingerprint density at radius 3 is 2.45 bits per heavy atom. The third-order valence-corrected chi connectivity index (χ3v) is 5.28. The number of carbonyl (C=O) groups is 1. The highest BCUT2D eigenvalue weighted by Gasteiger charge is 2.42. The van der Waals surface area contributed by atoms with Gasteiger partial charge in [-0.1, -0.05) is 26.8 Å². The highest BCUT2D eigenvalue weighted by Crippen LogP contribution is 2.46. The van der Waals surface area contributed by atoms with E-state index >= 15 is 0 Å². The first-order valence-corrected chi connectivity index (χ1v) is 10.5. The third kappa shape index (κ3) is 5.48. The molecule has 3 rings (SSSR count). The molecule has 0 saturated carbocycles. The Morgan fingerprint density at radius 2 is 1.81 bits per heavy atom. The Morgan fingerprint density at radius 1 is 1.13 bits per heavy atom. The fourth-order valence-corrected chi connectivity index (χ4v) is 3.80. The number of anilines is 1. The van der Waals surface area contributed by atoms with Crippen molar-refractivity contribution in [2.24, 2.45) is 0 Å². The number of hydrogen-bond donors (Lipinski definition) is 1. The second-order valence-electron chi connectivity index (χ2n) is 8.54. The SMILES string of the molecule is CCCOC1(C)CC(C)(C)c2ccc(Oc3ccc(NC(=O)N(C)OC)cc3)cc2O1. The normalized spacial score (nSPS) is 19.2. The van der Waals surface area contributed by atoms with Crippen molar-refractivity contribution in [2.75, 3.05) is 26.1 Å². The van der Waals surface area contributed by atoms with Crippen LogP contribution in [0.1, 0.15) is 46.1 Å². The molecule has 7 heteroatoms. The lowest BCUT2D eigenvalue weighted by atomic mass is 9.76. The number of nitrogens with zero attached hydrogens (tertiary/aromatic N) is 1. The van der Waals surface area contributed by atoms with E-state index in [9.17, 15) is 4.79 Å². The van der Waals surface area contributed by atoms with Gasteiger partial charge >= 0.3 is 6.03 Å². The monoisotopic (exact) mass is 428 g/mol. The van der Waals surface area contributed by atoms with Crippen LogP contribution in [0.5, 0.6) is 17.2 Å². The molecule has 0 saturated heterocycles. The Kier molecular flexibility index (Phi) is 6.77. The van der Waals surface area contributed by atoms with Crippen LogP contribution < -0.4 is 14.8 Å². The molecule has 0 spiro atoms. The molecule has 2 aromatic carbocycles. The topological polar surface area (TPSA) is 69.3 Å². The largest absolute Gasteiger partial charge is 0.462 e. The fraction of sp³-hybridized carbons (Fsp3) is 0.458. The smallest absolute Gasteiger partial charge is 0.345 e. The molecule has 0 radical (unpaired) electrons. The van der Waals surface area contributed by atoms with Gasteiger partial charge in [0, 0.05) is 37.7 Å². The lowest BCUT2D eigenvalue weighted by Gasteiger charge is -2.43. The minimum absolute atomic E-state index is 0.0795. The molecule has 1 heterocycles. The van der Waals surface area contributed by atoms with E-state index in [1.54, 1.807) is 24.3 Å². The molecule has 0 bridgehead atoms. The molecular formula is C24H32N2O5. The van der Waals surface area contributed by atoms with Crippen LogP contribution in [0.3, 0.4) is 0 Å². The minimum atomic E-state index is -0.666. The molecule has 2 amide bonds. The van der Waals surface area contributed by atoms with Crippen molar-refractivity contribution in [3.63, 3.8) is 0 Å². The molecule has 0 fully saturated rings. The molecule has 0 aliphatic carbocycles. The number of hydrogen-bond acceptors (Lipinski definition) is 5. The summed E-state index contributed by atoms with van der Waals surface area (Å²) >= 11 is 0. The van der Waals surface area contributed by atoms with Crippen molar-refractivity contribution in [3.8, 4) is 17.2 Å². The van der Waals surface area contributed by atoms with Gasteiger partial charge in [-0.15, -0.1) is 0 Å². The zero-order valence-electron chi connectivity index (χ0n) is 19.2. The summed E-state index contributed by atoms with van der Waals surface area (Å²) < 4.78 is 18.3. The van der Waals surface area contributed by atoms with E-state index in [2.05, 4.69) is 32.2 Å². The van der Waals surface area contributed by atoms with Crippen LogP contribution in [0.2, 0.25) is 0 Å². The van der Waals surface area contributed by atoms with Crippen LogP contribution in [-0.2, 0) is 15.0 Å². The van der Waals surface area contributed by atoms with Gasteiger partial charge in [-0.25, -0.2) is 9.86 Å². The first-order chi connectivity index (χ1) is 14.7. The van der Waals surface area contributed by atoms with Gasteiger partial charge in [-0.2, -0.15) is 0 Å². The first-order valence-electron chi connectivity index (χ1n) is 10.5. The van der Waals surface area contributed by atoms with E-state index in [0.717, 1.165) is 29.2 Å². The zero-order chi connectivity index (χ0) is 22.6. The van der Waals surface area contributed by atoms with Crippen molar-refractivity contribution >= 4 is 11.7 Å². The number of fused-ring (bicyclic) bond motifs is 1. The maximum atomic E-state index is 11.9. The van der Waals surface area contributed by atoms with E-state index in [4.69, 9.17) is 19.0 Å². The molecule has 1 unspecified atom stereocenters. The van der Waals surface area contributed by atoms with Gasteiger partial charge in [-0.3, -0.25) is 4.84 Å². The van der Waals surface area contributed by atoms with Crippen molar-refractivity contribution in [1.29, 1.82) is 0 Å². The molecule has 0 aromatic heterocycles. The molecule has 1 aliphatic heterocycles. The van der Waals surface area contributed by atoms with Crippen LogP contribution >= 0.6 is 0 Å². The van der Waals surface area contributed by atoms with Crippen LogP contribution in [0.15, 0.2) is 42.5 Å². The molecule has 1 aliphatic rings. The third-order valence-electron chi connectivity index (χ3n) is 5.28. The number of urea groups is 1. The quantitative estimate of drug-likeness (QED) is 0.572. The predicted molar refractivity (Wildman–Crippen MR) is 120 cm³/mol. The van der Waals surface area contributed by atoms with Crippen LogP contribution in [0.4, 0.5) is 10.5 Å². The summed E-state index contributed by atoms with van der Waals surface area (Å²) in [5, 5.41) is 3.84. The number of nitrogens with one attached hydrogen (secondary N) is 1. The number of rotatable bonds is 7. The van der Waals surface area contributed by atoms with Gasteiger partial charge in [0.1, 0.15) is 17.2 Å². The second-order valence-corrected chi connectivity index (χ2v) is 8.54. The van der Waals surface area contributed by atoms with E-state index in [1.165, 1.54) is 14.2 Å². The van der Waals surface area contributed by atoms with Gasteiger partial charge in [-0.05, 0) is 42.2 Å². The second kappa shape index (κ2) is 9.16. The van der Waals surface area contributed by atoms with Crippen molar-refractivity contribution in [2.45, 2.75) is 51.7 Å². The number of benzene rings is 2. The van der Waals surface area contributed by atoms with Crippen LogP contribution in [-0.4, -0.2) is 37.6 Å². The first kappa shape index (κ1) is 22.9. The molecule has 7 nitrogen and oxygen atoms in total. The molecule has 1 atom stereocenters. The lowest BCUT2D eigenvalue weighted by molar-refractivity contribution is -0.191. The Labute approximate surface area is 184 Å². The zero-order valence-corrected chi connectivity index (χ0v) is 19.2. The number of carbonyl (C=O) groups excluding carboxylic acids is 1. The Balaban J connectivity index is 1.74. The molecule has 2 aromatic rings. The van der Waals surface area contributed by atoms with Crippen LogP contribution in [0, 0.1) is 0 Å². The highest BCUT2D eigenvalue weighted by atomic mass is 16.7. The lowest BCUT2D eigenvalue weighted by Crippen LogP contribution is -2.46. The molecule has 168 valence electrons. The van der Waals surface area contributed by atoms with Crippen molar-refractivity contribution in [1.82, 2.24) is 5.06 Å². The summed E-state index contributed by atoms with van der Waals surface area (Å²) in [4.78, 5) is 16.7. The van der Waals surface area contributed by atoms with Crippen LogP contribution in [0.25, 0.3) is 0 Å². The summed E-state index contributed by atoms with van der Waals surface area (Å²) in [5.41, 5.74) is 1.70. The average molecular weight is 429 g/mol. The predicted octanol–water partition coefficient (Wildman–Crippen LogP) is 5.71. The number of amides is 2.